The number of aryl methyl sites for hydroxylation is 1. The van der Waals surface area contributed by atoms with Crippen LogP contribution in [0.2, 0.25) is 0 Å². The van der Waals surface area contributed by atoms with Crippen LogP contribution in [0.4, 0.5) is 0 Å². The molecule has 178 valence electrons. The van der Waals surface area contributed by atoms with Crippen LogP contribution in [-0.2, 0) is 25.2 Å². The molecule has 1 saturated carbocycles. The van der Waals surface area contributed by atoms with Crippen molar-refractivity contribution in [1.82, 2.24) is 10.1 Å². The first-order valence-corrected chi connectivity index (χ1v) is 12.4. The highest BCUT2D eigenvalue weighted by molar-refractivity contribution is 7.52. The lowest BCUT2D eigenvalue weighted by Crippen LogP contribution is -2.35. The Hall–Kier alpha value is -2.74. The normalized spacial score (nSPS) is 16.7. The van der Waals surface area contributed by atoms with Gasteiger partial charge in [-0.05, 0) is 44.7 Å². The Morgan fingerprint density at radius 2 is 2.00 bits per heavy atom. The second-order valence-corrected chi connectivity index (χ2v) is 9.75. The molecule has 1 fully saturated rings. The van der Waals surface area contributed by atoms with Gasteiger partial charge in [-0.1, -0.05) is 31.0 Å². The summed E-state index contributed by atoms with van der Waals surface area (Å²) < 4.78 is 30.1. The second kappa shape index (κ2) is 11.4. The average molecular weight is 476 g/mol. The van der Waals surface area contributed by atoms with E-state index >= 15 is 0 Å². The number of carbonyl (C=O) groups excluding carboxylic acids is 2. The van der Waals surface area contributed by atoms with Gasteiger partial charge in [-0.3, -0.25) is 19.1 Å². The van der Waals surface area contributed by atoms with Gasteiger partial charge >= 0.3 is 13.7 Å². The zero-order valence-electron chi connectivity index (χ0n) is 18.7. The number of nitrogens with one attached hydrogen (secondary N) is 1. The van der Waals surface area contributed by atoms with Gasteiger partial charge in [0.1, 0.15) is 17.5 Å². The van der Waals surface area contributed by atoms with E-state index in [0.29, 0.717) is 18.8 Å². The van der Waals surface area contributed by atoms with Gasteiger partial charge in [0.2, 0.25) is 0 Å². The fourth-order valence-corrected chi connectivity index (χ4v) is 5.02. The van der Waals surface area contributed by atoms with Crippen LogP contribution in [0.15, 0.2) is 36.5 Å². The number of hydrogen-bond acceptors (Lipinski definition) is 8. The molecule has 0 spiro atoms. The molecule has 0 amide bonds. The quantitative estimate of drug-likeness (QED) is 0.277. The molecule has 0 bridgehead atoms. The number of pyridine rings is 1. The number of hydrogen-bond donors (Lipinski definition) is 2. The second-order valence-electron chi connectivity index (χ2n) is 8.06. The lowest BCUT2D eigenvalue weighted by atomic mass is 10.1. The van der Waals surface area contributed by atoms with E-state index in [-0.39, 0.29) is 34.9 Å². The lowest BCUT2D eigenvalue weighted by molar-refractivity contribution is -0.146. The predicted octanol–water partition coefficient (Wildman–Crippen LogP) is 4.32. The molecule has 2 atom stereocenters. The molecule has 0 unspecified atom stereocenters. The van der Waals surface area contributed by atoms with E-state index in [9.17, 15) is 19.3 Å². The van der Waals surface area contributed by atoms with Crippen LogP contribution < -0.4 is 9.61 Å². The first-order valence-electron chi connectivity index (χ1n) is 10.9. The highest BCUT2D eigenvalue weighted by Gasteiger charge is 2.33. The van der Waals surface area contributed by atoms with Crippen molar-refractivity contribution in [3.63, 3.8) is 0 Å². The van der Waals surface area contributed by atoms with Crippen molar-refractivity contribution in [2.75, 3.05) is 6.61 Å². The first kappa shape index (κ1) is 24.9. The maximum absolute atomic E-state index is 13.5. The van der Waals surface area contributed by atoms with Crippen LogP contribution in [0.5, 0.6) is 11.5 Å². The van der Waals surface area contributed by atoms with E-state index in [2.05, 4.69) is 10.1 Å². The standard InChI is InChI=1S/C23H29N2O7P/c1-16-22(27)21(13-26)19(12-24-16)15-31-33(29,32-20-10-4-3-5-11-20)25-17(2)23(28)30-14-18-8-6-7-9-18/h3-5,10-13,17-18,27H,6-9,14-15H2,1-2H3,(H,25,29)/t17-,33-/m0/s1. The number of carbonyl (C=O) groups is 2. The summed E-state index contributed by atoms with van der Waals surface area (Å²) in [7, 11) is -4.10. The number of aromatic hydroxyl groups is 1. The van der Waals surface area contributed by atoms with Crippen molar-refractivity contribution < 1.29 is 33.0 Å². The summed E-state index contributed by atoms with van der Waals surface area (Å²) in [6, 6.07) is 7.38. The highest BCUT2D eigenvalue weighted by Crippen LogP contribution is 2.46. The first-order chi connectivity index (χ1) is 15.8. The van der Waals surface area contributed by atoms with Crippen LogP contribution >= 0.6 is 7.75 Å². The van der Waals surface area contributed by atoms with Gasteiger partial charge in [-0.2, -0.15) is 5.09 Å². The number of aromatic nitrogens is 1. The van der Waals surface area contributed by atoms with Crippen LogP contribution in [0.25, 0.3) is 0 Å². The fourth-order valence-electron chi connectivity index (χ4n) is 3.56. The van der Waals surface area contributed by atoms with Crippen molar-refractivity contribution in [3.8, 4) is 11.5 Å². The lowest BCUT2D eigenvalue weighted by Gasteiger charge is -2.23. The third kappa shape index (κ3) is 6.87. The van der Waals surface area contributed by atoms with Gasteiger partial charge < -0.3 is 14.4 Å². The van der Waals surface area contributed by atoms with Crippen LogP contribution in [0.3, 0.4) is 0 Å². The van der Waals surface area contributed by atoms with E-state index in [1.165, 1.54) is 13.1 Å². The zero-order valence-corrected chi connectivity index (χ0v) is 19.6. The van der Waals surface area contributed by atoms with Crippen LogP contribution in [0, 0.1) is 12.8 Å². The highest BCUT2D eigenvalue weighted by atomic mass is 31.2. The third-order valence-corrected chi connectivity index (χ3v) is 7.10. The van der Waals surface area contributed by atoms with Crippen LogP contribution in [-0.4, -0.2) is 35.0 Å². The minimum Gasteiger partial charge on any atom is -0.505 e. The Bertz CT molecular complexity index is 1010. The summed E-state index contributed by atoms with van der Waals surface area (Å²) in [6.45, 7) is 3.04. The summed E-state index contributed by atoms with van der Waals surface area (Å²) in [6.07, 6.45) is 6.16. The van der Waals surface area contributed by atoms with Gasteiger partial charge in [-0.15, -0.1) is 0 Å². The molecule has 9 nitrogen and oxygen atoms in total. The minimum absolute atomic E-state index is 0.0159. The van der Waals surface area contributed by atoms with Crippen molar-refractivity contribution in [2.24, 2.45) is 5.92 Å². The van der Waals surface area contributed by atoms with E-state index in [0.717, 1.165) is 25.7 Å². The van der Waals surface area contributed by atoms with Crippen LogP contribution in [0.1, 0.15) is 54.2 Å². The predicted molar refractivity (Wildman–Crippen MR) is 121 cm³/mol. The maximum Gasteiger partial charge on any atom is 0.459 e. The van der Waals surface area contributed by atoms with E-state index in [1.54, 1.807) is 37.3 Å². The molecule has 2 aromatic rings. The van der Waals surface area contributed by atoms with Crippen molar-refractivity contribution in [1.29, 1.82) is 0 Å². The Balaban J connectivity index is 1.72. The summed E-state index contributed by atoms with van der Waals surface area (Å²) >= 11 is 0. The summed E-state index contributed by atoms with van der Waals surface area (Å²) in [5.74, 6) is -0.221. The minimum atomic E-state index is -4.10. The van der Waals surface area contributed by atoms with Gasteiger partial charge in [-0.25, -0.2) is 4.57 Å². The van der Waals surface area contributed by atoms with E-state index in [4.69, 9.17) is 13.8 Å². The molecule has 0 saturated heterocycles. The Kier molecular flexibility index (Phi) is 8.61. The Morgan fingerprint density at radius 1 is 1.30 bits per heavy atom. The Morgan fingerprint density at radius 3 is 2.67 bits per heavy atom. The molecule has 1 aliphatic rings. The molecule has 2 N–H and O–H groups in total. The van der Waals surface area contributed by atoms with Gasteiger partial charge in [0.05, 0.1) is 24.5 Å². The molecular weight excluding hydrogens is 447 g/mol. The molecule has 10 heteroatoms. The van der Waals surface area contributed by atoms with E-state index in [1.807, 2.05) is 0 Å². The summed E-state index contributed by atoms with van der Waals surface area (Å²) in [5, 5.41) is 12.7. The van der Waals surface area contributed by atoms with Gasteiger partial charge in [0.15, 0.2) is 6.29 Å². The monoisotopic (exact) mass is 476 g/mol. The SMILES string of the molecule is Cc1ncc(CO[P@@](=O)(N[C@@H](C)C(=O)OCC2CCCC2)Oc2ccccc2)c(C=O)c1O. The van der Waals surface area contributed by atoms with Crippen molar-refractivity contribution >= 4 is 20.0 Å². The summed E-state index contributed by atoms with van der Waals surface area (Å²) in [4.78, 5) is 27.9. The van der Waals surface area contributed by atoms with Gasteiger partial charge in [0, 0.05) is 11.8 Å². The Labute approximate surface area is 193 Å². The molecule has 1 aliphatic carbocycles. The summed E-state index contributed by atoms with van der Waals surface area (Å²) in [5.41, 5.74) is 0.488. The fraction of sp³-hybridized carbons (Fsp3) is 0.435. The number of esters is 1. The molecule has 1 aromatic heterocycles. The topological polar surface area (TPSA) is 124 Å². The molecule has 0 radical (unpaired) electrons. The van der Waals surface area contributed by atoms with E-state index < -0.39 is 19.8 Å². The number of para-hydroxylation sites is 1. The molecule has 0 aliphatic heterocycles. The molecule has 1 aromatic carbocycles. The number of ether oxygens (including phenoxy) is 1. The average Bonchev–Trinajstić information content (AvgIpc) is 3.32. The molecular formula is C23H29N2O7P. The van der Waals surface area contributed by atoms with Crippen molar-refractivity contribution in [2.45, 2.75) is 52.2 Å². The molecule has 3 rings (SSSR count). The molecule has 1 heterocycles. The third-order valence-electron chi connectivity index (χ3n) is 5.48. The van der Waals surface area contributed by atoms with Gasteiger partial charge in [0.25, 0.3) is 0 Å². The zero-order chi connectivity index (χ0) is 23.8. The van der Waals surface area contributed by atoms with Crippen molar-refractivity contribution in [3.05, 3.63) is 53.3 Å². The number of rotatable bonds is 11. The molecule has 33 heavy (non-hydrogen) atoms. The smallest absolute Gasteiger partial charge is 0.459 e. The number of nitrogens with zero attached hydrogens (tertiary/aromatic N) is 1. The number of aldehydes is 1. The number of benzene rings is 1. The largest absolute Gasteiger partial charge is 0.505 e. The maximum atomic E-state index is 13.5.